The van der Waals surface area contributed by atoms with Gasteiger partial charge in [-0.2, -0.15) is 4.98 Å². The monoisotopic (exact) mass is 278 g/mol. The molecular formula is C12H15ClN6. The fraction of sp³-hybridized carbons (Fsp3) is 0.417. The van der Waals surface area contributed by atoms with Gasteiger partial charge in [-0.05, 0) is 19.0 Å². The van der Waals surface area contributed by atoms with Crippen LogP contribution in [-0.2, 0) is 0 Å². The molecule has 2 aromatic rings. The first-order valence-corrected chi connectivity index (χ1v) is 6.70. The standard InChI is InChI=1S/C12H15ClN6/c13-10-8-15-4-2-9(10)11-16-12(18-17-11)19-6-1-3-14-5-7-19/h2,4,8,14H,1,3,5-7H2,(H,16,17,18). The number of rotatable bonds is 2. The van der Waals surface area contributed by atoms with Crippen LogP contribution in [0.25, 0.3) is 11.4 Å². The summed E-state index contributed by atoms with van der Waals surface area (Å²) < 4.78 is 0. The van der Waals surface area contributed by atoms with E-state index < -0.39 is 0 Å². The van der Waals surface area contributed by atoms with E-state index >= 15 is 0 Å². The zero-order valence-corrected chi connectivity index (χ0v) is 11.2. The Bertz CT molecular complexity index is 547. The molecule has 0 aliphatic carbocycles. The van der Waals surface area contributed by atoms with Crippen LogP contribution in [0, 0.1) is 0 Å². The van der Waals surface area contributed by atoms with Gasteiger partial charge in [-0.1, -0.05) is 11.6 Å². The Labute approximate surface area is 116 Å². The van der Waals surface area contributed by atoms with Gasteiger partial charge in [0.05, 0.1) is 5.02 Å². The molecular weight excluding hydrogens is 264 g/mol. The van der Waals surface area contributed by atoms with Gasteiger partial charge in [0.1, 0.15) is 0 Å². The fourth-order valence-corrected chi connectivity index (χ4v) is 2.34. The van der Waals surface area contributed by atoms with Crippen molar-refractivity contribution in [2.24, 2.45) is 0 Å². The molecule has 2 N–H and O–H groups in total. The van der Waals surface area contributed by atoms with E-state index in [2.05, 4.69) is 30.4 Å². The maximum atomic E-state index is 6.11. The summed E-state index contributed by atoms with van der Waals surface area (Å²) in [6.45, 7) is 3.89. The molecule has 6 nitrogen and oxygen atoms in total. The first kappa shape index (κ1) is 12.4. The van der Waals surface area contributed by atoms with Crippen LogP contribution in [0.3, 0.4) is 0 Å². The number of hydrogen-bond donors (Lipinski definition) is 2. The molecule has 0 radical (unpaired) electrons. The Kier molecular flexibility index (Phi) is 3.61. The van der Waals surface area contributed by atoms with Gasteiger partial charge in [-0.25, -0.2) is 0 Å². The van der Waals surface area contributed by atoms with Gasteiger partial charge in [0, 0.05) is 37.6 Å². The van der Waals surface area contributed by atoms with Crippen molar-refractivity contribution in [2.45, 2.75) is 6.42 Å². The largest absolute Gasteiger partial charge is 0.338 e. The van der Waals surface area contributed by atoms with Crippen molar-refractivity contribution < 1.29 is 0 Å². The molecule has 1 fully saturated rings. The van der Waals surface area contributed by atoms with E-state index in [-0.39, 0.29) is 0 Å². The maximum Gasteiger partial charge on any atom is 0.245 e. The van der Waals surface area contributed by atoms with Crippen LogP contribution in [0.1, 0.15) is 6.42 Å². The van der Waals surface area contributed by atoms with E-state index in [0.29, 0.717) is 10.8 Å². The van der Waals surface area contributed by atoms with Crippen LogP contribution in [0.5, 0.6) is 0 Å². The predicted octanol–water partition coefficient (Wildman–Crippen LogP) is 1.32. The lowest BCUT2D eigenvalue weighted by molar-refractivity contribution is 0.724. The predicted molar refractivity (Wildman–Crippen MR) is 74.3 cm³/mol. The third-order valence-corrected chi connectivity index (χ3v) is 3.43. The topological polar surface area (TPSA) is 69.7 Å². The molecule has 1 saturated heterocycles. The zero-order chi connectivity index (χ0) is 13.1. The Morgan fingerprint density at radius 1 is 1.26 bits per heavy atom. The second kappa shape index (κ2) is 5.54. The molecule has 0 amide bonds. The molecule has 0 atom stereocenters. The first-order chi connectivity index (χ1) is 9.34. The minimum Gasteiger partial charge on any atom is -0.338 e. The summed E-state index contributed by atoms with van der Waals surface area (Å²) in [7, 11) is 0. The lowest BCUT2D eigenvalue weighted by atomic mass is 10.2. The number of pyridine rings is 1. The van der Waals surface area contributed by atoms with Crippen LogP contribution in [-0.4, -0.2) is 46.3 Å². The smallest absolute Gasteiger partial charge is 0.245 e. The van der Waals surface area contributed by atoms with Crippen molar-refractivity contribution in [3.63, 3.8) is 0 Å². The van der Waals surface area contributed by atoms with Crippen LogP contribution in [0.15, 0.2) is 18.5 Å². The number of hydrogen-bond acceptors (Lipinski definition) is 5. The maximum absolute atomic E-state index is 6.11. The normalized spacial score (nSPS) is 16.4. The fourth-order valence-electron chi connectivity index (χ4n) is 2.13. The molecule has 0 spiro atoms. The van der Waals surface area contributed by atoms with Gasteiger partial charge >= 0.3 is 0 Å². The molecule has 0 unspecified atom stereocenters. The number of nitrogens with zero attached hydrogens (tertiary/aromatic N) is 4. The van der Waals surface area contributed by atoms with E-state index in [1.165, 1.54) is 0 Å². The van der Waals surface area contributed by atoms with Gasteiger partial charge in [0.25, 0.3) is 0 Å². The molecule has 19 heavy (non-hydrogen) atoms. The Morgan fingerprint density at radius 3 is 3.11 bits per heavy atom. The number of aromatic nitrogens is 4. The zero-order valence-electron chi connectivity index (χ0n) is 10.4. The Hall–Kier alpha value is -1.66. The highest BCUT2D eigenvalue weighted by Crippen LogP contribution is 2.24. The van der Waals surface area contributed by atoms with Crippen LogP contribution >= 0.6 is 11.6 Å². The molecule has 1 aliphatic heterocycles. The minimum absolute atomic E-state index is 0.572. The first-order valence-electron chi connectivity index (χ1n) is 6.32. The summed E-state index contributed by atoms with van der Waals surface area (Å²) in [5.41, 5.74) is 0.823. The van der Waals surface area contributed by atoms with Crippen molar-refractivity contribution in [2.75, 3.05) is 31.1 Å². The second-order valence-electron chi connectivity index (χ2n) is 4.43. The quantitative estimate of drug-likeness (QED) is 0.867. The van der Waals surface area contributed by atoms with Crippen LogP contribution in [0.4, 0.5) is 5.95 Å². The highest BCUT2D eigenvalue weighted by molar-refractivity contribution is 6.33. The van der Waals surface area contributed by atoms with Crippen molar-refractivity contribution in [3.05, 3.63) is 23.5 Å². The Balaban J connectivity index is 1.85. The molecule has 0 bridgehead atoms. The van der Waals surface area contributed by atoms with Crippen molar-refractivity contribution in [3.8, 4) is 11.4 Å². The molecule has 100 valence electrons. The number of anilines is 1. The van der Waals surface area contributed by atoms with Crippen molar-refractivity contribution >= 4 is 17.5 Å². The molecule has 2 aromatic heterocycles. The minimum atomic E-state index is 0.572. The summed E-state index contributed by atoms with van der Waals surface area (Å²) in [5, 5.41) is 11.2. The number of aromatic amines is 1. The summed E-state index contributed by atoms with van der Waals surface area (Å²) >= 11 is 6.11. The van der Waals surface area contributed by atoms with E-state index in [4.69, 9.17) is 11.6 Å². The lowest BCUT2D eigenvalue weighted by Crippen LogP contribution is -2.28. The summed E-state index contributed by atoms with van der Waals surface area (Å²) in [4.78, 5) is 10.7. The van der Waals surface area contributed by atoms with Crippen molar-refractivity contribution in [1.29, 1.82) is 0 Å². The molecule has 3 heterocycles. The SMILES string of the molecule is Clc1cnccc1-c1nc(N2CCCNCC2)n[nH]1. The van der Waals surface area contributed by atoms with E-state index in [1.54, 1.807) is 12.4 Å². The summed E-state index contributed by atoms with van der Waals surface area (Å²) in [6.07, 6.45) is 4.40. The number of nitrogens with one attached hydrogen (secondary N) is 2. The van der Waals surface area contributed by atoms with E-state index in [9.17, 15) is 0 Å². The molecule has 1 aliphatic rings. The van der Waals surface area contributed by atoms with Gasteiger partial charge in [0.15, 0.2) is 5.82 Å². The highest BCUT2D eigenvalue weighted by atomic mass is 35.5. The summed E-state index contributed by atoms with van der Waals surface area (Å²) in [5.74, 6) is 1.41. The summed E-state index contributed by atoms with van der Waals surface area (Å²) in [6, 6.07) is 1.83. The second-order valence-corrected chi connectivity index (χ2v) is 4.84. The molecule has 3 rings (SSSR count). The van der Waals surface area contributed by atoms with Crippen LogP contribution in [0.2, 0.25) is 5.02 Å². The Morgan fingerprint density at radius 2 is 2.21 bits per heavy atom. The van der Waals surface area contributed by atoms with Crippen LogP contribution < -0.4 is 10.2 Å². The molecule has 0 aromatic carbocycles. The van der Waals surface area contributed by atoms with E-state index in [0.717, 1.165) is 44.1 Å². The molecule has 0 saturated carbocycles. The average molecular weight is 279 g/mol. The third kappa shape index (κ3) is 2.69. The van der Waals surface area contributed by atoms with Gasteiger partial charge in [-0.15, -0.1) is 5.10 Å². The van der Waals surface area contributed by atoms with E-state index in [1.807, 2.05) is 6.07 Å². The lowest BCUT2D eigenvalue weighted by Gasteiger charge is -2.16. The number of halogens is 1. The van der Waals surface area contributed by atoms with Gasteiger partial charge in [0.2, 0.25) is 5.95 Å². The average Bonchev–Trinajstić information content (AvgIpc) is 2.75. The number of H-pyrrole nitrogens is 1. The third-order valence-electron chi connectivity index (χ3n) is 3.12. The highest BCUT2D eigenvalue weighted by Gasteiger charge is 2.15. The van der Waals surface area contributed by atoms with Gasteiger partial charge in [-0.3, -0.25) is 10.1 Å². The molecule has 7 heteroatoms. The van der Waals surface area contributed by atoms with Crippen molar-refractivity contribution in [1.82, 2.24) is 25.5 Å². The van der Waals surface area contributed by atoms with Gasteiger partial charge < -0.3 is 10.2 Å².